The van der Waals surface area contributed by atoms with Gasteiger partial charge in [-0.15, -0.1) is 0 Å². The summed E-state index contributed by atoms with van der Waals surface area (Å²) in [5.74, 6) is 0.0226. The van der Waals surface area contributed by atoms with Gasteiger partial charge in [-0.1, -0.05) is 18.2 Å². The molecule has 2 aromatic carbocycles. The monoisotopic (exact) mass is 527 g/mol. The summed E-state index contributed by atoms with van der Waals surface area (Å²) in [6, 6.07) is 11.2. The van der Waals surface area contributed by atoms with E-state index in [1.165, 1.54) is 12.1 Å². The normalized spacial score (nSPS) is 16.8. The molecule has 2 fully saturated rings. The van der Waals surface area contributed by atoms with E-state index in [-0.39, 0.29) is 29.7 Å². The lowest BCUT2D eigenvalue weighted by molar-refractivity contribution is -0.384. The molecule has 12 heteroatoms. The average Bonchev–Trinajstić information content (AvgIpc) is 3.16. The minimum Gasteiger partial charge on any atom is -0.490 e. The SMILES string of the molecule is CCOc1cc(/C=C2/SC(=O)N(CC(=O)N3CCOCC3)C2=O)ccc1OCc1cccc([N+](=O)[O-])c1. The number of rotatable bonds is 9. The largest absolute Gasteiger partial charge is 0.490 e. The van der Waals surface area contributed by atoms with Crippen LogP contribution in [0.2, 0.25) is 0 Å². The maximum atomic E-state index is 12.9. The van der Waals surface area contributed by atoms with Crippen molar-refractivity contribution in [1.82, 2.24) is 9.80 Å². The van der Waals surface area contributed by atoms with Crippen LogP contribution in [0.3, 0.4) is 0 Å². The minimum atomic E-state index is -0.527. The number of non-ortho nitro benzene ring substituents is 1. The summed E-state index contributed by atoms with van der Waals surface area (Å²) >= 11 is 0.776. The van der Waals surface area contributed by atoms with E-state index in [1.807, 2.05) is 6.92 Å². The predicted octanol–water partition coefficient (Wildman–Crippen LogP) is 3.47. The van der Waals surface area contributed by atoms with Crippen molar-refractivity contribution in [2.24, 2.45) is 0 Å². The predicted molar refractivity (Wildman–Crippen MR) is 135 cm³/mol. The molecule has 0 spiro atoms. The minimum absolute atomic E-state index is 0.0259. The zero-order valence-electron chi connectivity index (χ0n) is 20.1. The second-order valence-corrected chi connectivity index (χ2v) is 9.11. The fourth-order valence-corrected chi connectivity index (χ4v) is 4.60. The summed E-state index contributed by atoms with van der Waals surface area (Å²) < 4.78 is 16.8. The van der Waals surface area contributed by atoms with Gasteiger partial charge in [0, 0.05) is 25.2 Å². The highest BCUT2D eigenvalue weighted by molar-refractivity contribution is 8.18. The molecule has 0 bridgehead atoms. The van der Waals surface area contributed by atoms with E-state index >= 15 is 0 Å². The number of hydrogen-bond donors (Lipinski definition) is 0. The molecule has 0 aromatic heterocycles. The first-order valence-corrected chi connectivity index (χ1v) is 12.4. The van der Waals surface area contributed by atoms with E-state index in [9.17, 15) is 24.5 Å². The summed E-state index contributed by atoms with van der Waals surface area (Å²) in [6.45, 7) is 3.68. The highest BCUT2D eigenvalue weighted by Crippen LogP contribution is 2.35. The maximum absolute atomic E-state index is 12.9. The van der Waals surface area contributed by atoms with Crippen LogP contribution in [0.25, 0.3) is 6.08 Å². The van der Waals surface area contributed by atoms with Crippen LogP contribution in [0.1, 0.15) is 18.1 Å². The van der Waals surface area contributed by atoms with Gasteiger partial charge in [0.2, 0.25) is 5.91 Å². The number of carbonyl (C=O) groups is 3. The molecule has 0 radical (unpaired) electrons. The van der Waals surface area contributed by atoms with E-state index in [0.29, 0.717) is 55.5 Å². The average molecular weight is 528 g/mol. The zero-order chi connectivity index (χ0) is 26.4. The number of ether oxygens (including phenoxy) is 3. The summed E-state index contributed by atoms with van der Waals surface area (Å²) in [5.41, 5.74) is 1.21. The number of thioether (sulfide) groups is 1. The number of nitrogens with zero attached hydrogens (tertiary/aromatic N) is 3. The Morgan fingerprint density at radius 3 is 2.65 bits per heavy atom. The Balaban J connectivity index is 1.46. The van der Waals surface area contributed by atoms with Gasteiger partial charge in [-0.3, -0.25) is 29.4 Å². The molecule has 2 aromatic rings. The van der Waals surface area contributed by atoms with Crippen molar-refractivity contribution in [1.29, 1.82) is 0 Å². The van der Waals surface area contributed by atoms with Crippen molar-refractivity contribution in [3.8, 4) is 11.5 Å². The number of morpholine rings is 1. The molecular formula is C25H25N3O8S. The van der Waals surface area contributed by atoms with Crippen molar-refractivity contribution in [3.63, 3.8) is 0 Å². The lowest BCUT2D eigenvalue weighted by Crippen LogP contribution is -2.46. The number of benzene rings is 2. The summed E-state index contributed by atoms with van der Waals surface area (Å²) in [5, 5.41) is 10.5. The Morgan fingerprint density at radius 2 is 1.92 bits per heavy atom. The molecule has 0 N–H and O–H groups in total. The van der Waals surface area contributed by atoms with Gasteiger partial charge in [0.15, 0.2) is 11.5 Å². The third-order valence-corrected chi connectivity index (χ3v) is 6.52. The van der Waals surface area contributed by atoms with Gasteiger partial charge < -0.3 is 19.1 Å². The fourth-order valence-electron chi connectivity index (χ4n) is 3.76. The van der Waals surface area contributed by atoms with Crippen molar-refractivity contribution in [3.05, 3.63) is 68.6 Å². The van der Waals surface area contributed by atoms with E-state index in [4.69, 9.17) is 14.2 Å². The molecule has 0 atom stereocenters. The van der Waals surface area contributed by atoms with Crippen molar-refractivity contribution >= 4 is 40.6 Å². The number of hydrogen-bond acceptors (Lipinski definition) is 9. The van der Waals surface area contributed by atoms with Gasteiger partial charge >= 0.3 is 0 Å². The van der Waals surface area contributed by atoms with Crippen molar-refractivity contribution in [2.45, 2.75) is 13.5 Å². The van der Waals surface area contributed by atoms with Gasteiger partial charge in [-0.05, 0) is 48.0 Å². The van der Waals surface area contributed by atoms with Crippen LogP contribution in [0.15, 0.2) is 47.4 Å². The first-order chi connectivity index (χ1) is 17.9. The molecule has 2 aliphatic heterocycles. The molecule has 11 nitrogen and oxygen atoms in total. The molecule has 37 heavy (non-hydrogen) atoms. The second kappa shape index (κ2) is 11.9. The Labute approximate surface area is 217 Å². The molecule has 2 saturated heterocycles. The van der Waals surface area contributed by atoms with E-state index in [0.717, 1.165) is 16.7 Å². The maximum Gasteiger partial charge on any atom is 0.294 e. The number of nitro groups is 1. The van der Waals surface area contributed by atoms with E-state index in [1.54, 1.807) is 41.3 Å². The van der Waals surface area contributed by atoms with Gasteiger partial charge in [-0.25, -0.2) is 0 Å². The zero-order valence-corrected chi connectivity index (χ0v) is 20.9. The number of imide groups is 1. The number of carbonyl (C=O) groups excluding carboxylic acids is 3. The van der Waals surface area contributed by atoms with Crippen LogP contribution in [0.5, 0.6) is 11.5 Å². The van der Waals surface area contributed by atoms with Crippen molar-refractivity contribution in [2.75, 3.05) is 39.5 Å². The molecule has 2 heterocycles. The molecule has 4 rings (SSSR count). The molecule has 2 aliphatic rings. The topological polar surface area (TPSA) is 129 Å². The first-order valence-electron chi connectivity index (χ1n) is 11.6. The molecular weight excluding hydrogens is 502 g/mol. The van der Waals surface area contributed by atoms with Gasteiger partial charge in [-0.2, -0.15) is 0 Å². The second-order valence-electron chi connectivity index (χ2n) is 8.12. The van der Waals surface area contributed by atoms with Crippen LogP contribution >= 0.6 is 11.8 Å². The summed E-state index contributed by atoms with van der Waals surface area (Å²) in [7, 11) is 0. The van der Waals surface area contributed by atoms with Gasteiger partial charge in [0.1, 0.15) is 13.2 Å². The molecule has 0 aliphatic carbocycles. The van der Waals surface area contributed by atoms with Crippen LogP contribution < -0.4 is 9.47 Å². The molecule has 194 valence electrons. The highest BCUT2D eigenvalue weighted by Gasteiger charge is 2.37. The quantitative estimate of drug-likeness (QED) is 0.273. The smallest absolute Gasteiger partial charge is 0.294 e. The van der Waals surface area contributed by atoms with Gasteiger partial charge in [0.25, 0.3) is 16.8 Å². The first kappa shape index (κ1) is 26.2. The highest BCUT2D eigenvalue weighted by atomic mass is 32.2. The number of amides is 3. The Hall–Kier alpha value is -3.90. The lowest BCUT2D eigenvalue weighted by atomic mass is 10.1. The summed E-state index contributed by atoms with van der Waals surface area (Å²) in [4.78, 5) is 51.1. The van der Waals surface area contributed by atoms with Crippen molar-refractivity contribution < 1.29 is 33.5 Å². The summed E-state index contributed by atoms with van der Waals surface area (Å²) in [6.07, 6.45) is 1.57. The third-order valence-electron chi connectivity index (χ3n) is 5.61. The molecule has 0 saturated carbocycles. The van der Waals surface area contributed by atoms with Crippen LogP contribution in [-0.2, 0) is 20.9 Å². The standard InChI is InChI=1S/C25H25N3O8S/c1-2-35-21-13-17(6-7-20(21)36-16-18-4-3-5-19(12-18)28(32)33)14-22-24(30)27(25(31)37-22)15-23(29)26-8-10-34-11-9-26/h3-7,12-14H,2,8-11,15-16H2,1H3/b22-14+. The Bertz CT molecular complexity index is 1240. The third kappa shape index (κ3) is 6.46. The van der Waals surface area contributed by atoms with E-state index < -0.39 is 16.1 Å². The number of nitro benzene ring substituents is 1. The van der Waals surface area contributed by atoms with Crippen LogP contribution in [0, 0.1) is 10.1 Å². The van der Waals surface area contributed by atoms with Crippen LogP contribution in [0.4, 0.5) is 10.5 Å². The Morgan fingerprint density at radius 1 is 1.14 bits per heavy atom. The fraction of sp³-hybridized carbons (Fsp3) is 0.320. The van der Waals surface area contributed by atoms with Crippen LogP contribution in [-0.4, -0.2) is 71.2 Å². The Kier molecular flexibility index (Phi) is 8.41. The van der Waals surface area contributed by atoms with Gasteiger partial charge in [0.05, 0.1) is 29.6 Å². The molecule has 3 amide bonds. The van der Waals surface area contributed by atoms with E-state index in [2.05, 4.69) is 0 Å². The lowest BCUT2D eigenvalue weighted by Gasteiger charge is -2.28. The molecule has 0 unspecified atom stereocenters.